The number of aromatic nitrogens is 3. The summed E-state index contributed by atoms with van der Waals surface area (Å²) < 4.78 is 2.57. The highest BCUT2D eigenvalue weighted by Crippen LogP contribution is 2.12. The van der Waals surface area contributed by atoms with Gasteiger partial charge in [0.05, 0.1) is 0 Å². The molecule has 0 N–H and O–H groups in total. The second-order valence-electron chi connectivity index (χ2n) is 2.49. The van der Waals surface area contributed by atoms with Gasteiger partial charge in [-0.2, -0.15) is 0 Å². The molecule has 2 aromatic rings. The molecule has 0 atom stereocenters. The minimum Gasteiger partial charge on any atom is -0.301 e. The summed E-state index contributed by atoms with van der Waals surface area (Å²) in [4.78, 5) is 8.20. The minimum absolute atomic E-state index is 0.521. The van der Waals surface area contributed by atoms with Crippen molar-refractivity contribution in [3.8, 4) is 0 Å². The van der Waals surface area contributed by atoms with Crippen LogP contribution >= 0.6 is 15.9 Å². The Hall–Kier alpha value is -0.835. The number of rotatable bonds is 0. The van der Waals surface area contributed by atoms with E-state index in [1.807, 2.05) is 17.5 Å². The van der Waals surface area contributed by atoms with Crippen molar-refractivity contribution in [3.63, 3.8) is 0 Å². The van der Waals surface area contributed by atoms with Gasteiger partial charge in [-0.05, 0) is 22.9 Å². The average molecular weight is 222 g/mol. The van der Waals surface area contributed by atoms with Crippen LogP contribution < -0.4 is 5.59 Å². The first-order chi connectivity index (χ1) is 5.70. The highest BCUT2D eigenvalue weighted by atomic mass is 79.9. The van der Waals surface area contributed by atoms with E-state index in [0.717, 1.165) is 11.3 Å². The molecule has 0 saturated heterocycles. The number of fused-ring (bicyclic) bond motifs is 1. The van der Waals surface area contributed by atoms with Crippen LogP contribution in [0.4, 0.5) is 0 Å². The maximum atomic E-state index is 5.66. The van der Waals surface area contributed by atoms with Crippen molar-refractivity contribution in [3.05, 3.63) is 22.7 Å². The van der Waals surface area contributed by atoms with Gasteiger partial charge in [0.25, 0.3) is 0 Å². The lowest BCUT2D eigenvalue weighted by Gasteiger charge is -2.04. The first-order valence-electron chi connectivity index (χ1n) is 3.45. The first-order valence-corrected chi connectivity index (χ1v) is 4.24. The maximum absolute atomic E-state index is 5.66. The molecule has 0 saturated carbocycles. The van der Waals surface area contributed by atoms with Crippen LogP contribution in [-0.4, -0.2) is 22.2 Å². The number of aryl methyl sites for hydroxylation is 1. The minimum atomic E-state index is 0.521. The van der Waals surface area contributed by atoms with Gasteiger partial charge in [-0.3, -0.25) is 4.98 Å². The fourth-order valence-electron chi connectivity index (χ4n) is 1.09. The van der Waals surface area contributed by atoms with Crippen molar-refractivity contribution < 1.29 is 0 Å². The summed E-state index contributed by atoms with van der Waals surface area (Å²) >= 11 is 3.29. The summed E-state index contributed by atoms with van der Waals surface area (Å²) in [5, 5.41) is 0. The molecule has 3 nitrogen and oxygen atoms in total. The highest BCUT2D eigenvalue weighted by molar-refractivity contribution is 9.10. The SMILES string of the molecule is [B]c1nc(Br)c2nccn2c1C. The van der Waals surface area contributed by atoms with Crippen LogP contribution in [0.5, 0.6) is 0 Å². The summed E-state index contributed by atoms with van der Waals surface area (Å²) in [6.07, 6.45) is 3.57. The van der Waals surface area contributed by atoms with E-state index in [4.69, 9.17) is 7.85 Å². The lowest BCUT2D eigenvalue weighted by molar-refractivity contribution is 1.06. The number of hydrogen-bond donors (Lipinski definition) is 0. The highest BCUT2D eigenvalue weighted by Gasteiger charge is 2.05. The van der Waals surface area contributed by atoms with E-state index in [1.165, 1.54) is 0 Å². The zero-order valence-electron chi connectivity index (χ0n) is 6.45. The summed E-state index contributed by atoms with van der Waals surface area (Å²) in [6.45, 7) is 1.91. The topological polar surface area (TPSA) is 30.2 Å². The Morgan fingerprint density at radius 3 is 3.08 bits per heavy atom. The second kappa shape index (κ2) is 2.59. The third kappa shape index (κ3) is 0.965. The summed E-state index contributed by atoms with van der Waals surface area (Å²) in [7, 11) is 5.66. The van der Waals surface area contributed by atoms with Crippen molar-refractivity contribution in [2.45, 2.75) is 6.92 Å². The number of halogens is 1. The van der Waals surface area contributed by atoms with Crippen molar-refractivity contribution in [1.29, 1.82) is 0 Å². The Bertz CT molecular complexity index is 437. The third-order valence-corrected chi connectivity index (χ3v) is 2.31. The molecular formula is C7H5BBrN3. The van der Waals surface area contributed by atoms with Crippen LogP contribution in [0.25, 0.3) is 5.65 Å². The van der Waals surface area contributed by atoms with Gasteiger partial charge in [0.2, 0.25) is 0 Å². The fraction of sp³-hybridized carbons (Fsp3) is 0.143. The van der Waals surface area contributed by atoms with E-state index < -0.39 is 0 Å². The molecule has 0 aliphatic rings. The third-order valence-electron chi connectivity index (χ3n) is 1.78. The standard InChI is InChI=1S/C7H5BBrN3/c1-4-5(8)11-6(9)7-10-2-3-12(4)7/h2-3H,1H3. The molecule has 0 unspecified atom stereocenters. The van der Waals surface area contributed by atoms with Crippen LogP contribution in [0, 0.1) is 6.92 Å². The molecule has 0 aliphatic heterocycles. The van der Waals surface area contributed by atoms with Crippen LogP contribution in [0.3, 0.4) is 0 Å². The zero-order valence-corrected chi connectivity index (χ0v) is 8.04. The van der Waals surface area contributed by atoms with Gasteiger partial charge in [-0.25, -0.2) is 4.98 Å². The molecule has 58 valence electrons. The van der Waals surface area contributed by atoms with Crippen molar-refractivity contribution in [1.82, 2.24) is 14.4 Å². The Kier molecular flexibility index (Phi) is 1.68. The smallest absolute Gasteiger partial charge is 0.170 e. The monoisotopic (exact) mass is 221 g/mol. The number of hydrogen-bond acceptors (Lipinski definition) is 2. The predicted molar refractivity (Wildman–Crippen MR) is 50.8 cm³/mol. The lowest BCUT2D eigenvalue weighted by Crippen LogP contribution is -2.17. The van der Waals surface area contributed by atoms with E-state index in [0.29, 0.717) is 10.2 Å². The van der Waals surface area contributed by atoms with E-state index in [2.05, 4.69) is 25.9 Å². The normalized spacial score (nSPS) is 10.8. The molecule has 2 aromatic heterocycles. The molecule has 0 fully saturated rings. The molecule has 2 rings (SSSR count). The van der Waals surface area contributed by atoms with E-state index in [-0.39, 0.29) is 0 Å². The second-order valence-corrected chi connectivity index (χ2v) is 3.25. The predicted octanol–water partition coefficient (Wildman–Crippen LogP) is 0.594. The van der Waals surface area contributed by atoms with Crippen molar-refractivity contribution in [2.75, 3.05) is 0 Å². The summed E-state index contributed by atoms with van der Waals surface area (Å²) in [6, 6.07) is 0. The van der Waals surface area contributed by atoms with E-state index >= 15 is 0 Å². The molecule has 0 amide bonds. The Morgan fingerprint density at radius 1 is 1.58 bits per heavy atom. The van der Waals surface area contributed by atoms with Gasteiger partial charge in [0.1, 0.15) is 12.4 Å². The molecule has 5 heteroatoms. The molecule has 12 heavy (non-hydrogen) atoms. The van der Waals surface area contributed by atoms with Crippen LogP contribution in [-0.2, 0) is 0 Å². The van der Waals surface area contributed by atoms with Crippen LogP contribution in [0.15, 0.2) is 17.0 Å². The first kappa shape index (κ1) is 7.80. The summed E-state index contributed by atoms with van der Waals surface area (Å²) in [5.41, 5.74) is 2.22. The largest absolute Gasteiger partial charge is 0.301 e. The molecule has 0 spiro atoms. The maximum Gasteiger partial charge on any atom is 0.170 e. The van der Waals surface area contributed by atoms with Crippen molar-refractivity contribution >= 4 is 35.0 Å². The molecule has 0 aromatic carbocycles. The van der Waals surface area contributed by atoms with Crippen LogP contribution in [0.1, 0.15) is 5.69 Å². The molecule has 0 bridgehead atoms. The van der Waals surface area contributed by atoms with Crippen LogP contribution in [0.2, 0.25) is 0 Å². The Labute approximate surface area is 79.4 Å². The lowest BCUT2D eigenvalue weighted by atomic mass is 10.0. The van der Waals surface area contributed by atoms with Gasteiger partial charge >= 0.3 is 0 Å². The summed E-state index contributed by atoms with van der Waals surface area (Å²) in [5.74, 6) is 0. The zero-order chi connectivity index (χ0) is 8.72. The van der Waals surface area contributed by atoms with E-state index in [1.54, 1.807) is 6.20 Å². The van der Waals surface area contributed by atoms with Gasteiger partial charge in [-0.1, -0.05) is 0 Å². The van der Waals surface area contributed by atoms with Gasteiger partial charge in [0.15, 0.2) is 5.65 Å². The van der Waals surface area contributed by atoms with Crippen molar-refractivity contribution in [2.24, 2.45) is 0 Å². The average Bonchev–Trinajstić information content (AvgIpc) is 2.48. The Balaban J connectivity index is 2.97. The quantitative estimate of drug-likeness (QED) is 0.610. The Morgan fingerprint density at radius 2 is 2.33 bits per heavy atom. The molecule has 0 aliphatic carbocycles. The molecule has 2 heterocycles. The van der Waals surface area contributed by atoms with Gasteiger partial charge in [0, 0.05) is 23.7 Å². The molecular weight excluding hydrogens is 217 g/mol. The fourth-order valence-corrected chi connectivity index (χ4v) is 1.57. The molecule has 2 radical (unpaired) electrons. The van der Waals surface area contributed by atoms with Gasteiger partial charge < -0.3 is 4.40 Å². The number of imidazole rings is 1. The van der Waals surface area contributed by atoms with Gasteiger partial charge in [-0.15, -0.1) is 0 Å². The number of nitrogens with zero attached hydrogens (tertiary/aromatic N) is 3. The van der Waals surface area contributed by atoms with E-state index in [9.17, 15) is 0 Å².